The average Bonchev–Trinajstić information content (AvgIpc) is 2.69. The van der Waals surface area contributed by atoms with E-state index < -0.39 is 0 Å². The van der Waals surface area contributed by atoms with Crippen molar-refractivity contribution in [1.82, 2.24) is 15.0 Å². The van der Waals surface area contributed by atoms with Gasteiger partial charge in [-0.25, -0.2) is 4.98 Å². The van der Waals surface area contributed by atoms with E-state index in [4.69, 9.17) is 0 Å². The highest BCUT2D eigenvalue weighted by Crippen LogP contribution is 2.20. The van der Waals surface area contributed by atoms with Gasteiger partial charge in [-0.15, -0.1) is 0 Å². The number of hydrogen-bond donors (Lipinski definition) is 1. The van der Waals surface area contributed by atoms with Gasteiger partial charge in [0.15, 0.2) is 0 Å². The summed E-state index contributed by atoms with van der Waals surface area (Å²) in [6.07, 6.45) is 4.70. The number of H-pyrrole nitrogens is 1. The standard InChI is InChI=1S/C13H15N3O/c1-9(17)3-4-12-15-10(2)13(16-12)11-5-7-14-8-6-11/h5-8H,3-4H2,1-2H3,(H,15,16). The van der Waals surface area contributed by atoms with Gasteiger partial charge in [0.1, 0.15) is 11.6 Å². The molecule has 0 bridgehead atoms. The van der Waals surface area contributed by atoms with Gasteiger partial charge in [-0.05, 0) is 26.0 Å². The van der Waals surface area contributed by atoms with E-state index in [0.717, 1.165) is 22.8 Å². The zero-order valence-electron chi connectivity index (χ0n) is 10.0. The van der Waals surface area contributed by atoms with Gasteiger partial charge < -0.3 is 9.78 Å². The number of pyridine rings is 1. The number of nitrogens with zero attached hydrogens (tertiary/aromatic N) is 2. The van der Waals surface area contributed by atoms with Gasteiger partial charge in [-0.1, -0.05) is 0 Å². The smallest absolute Gasteiger partial charge is 0.130 e. The van der Waals surface area contributed by atoms with E-state index in [-0.39, 0.29) is 5.78 Å². The first-order valence-corrected chi connectivity index (χ1v) is 5.62. The van der Waals surface area contributed by atoms with Crippen LogP contribution in [0.2, 0.25) is 0 Å². The van der Waals surface area contributed by atoms with Crippen molar-refractivity contribution < 1.29 is 4.79 Å². The third-order valence-electron chi connectivity index (χ3n) is 2.60. The number of Topliss-reactive ketones (excluding diaryl/α,β-unsaturated/α-hetero) is 1. The van der Waals surface area contributed by atoms with Crippen LogP contribution in [0.3, 0.4) is 0 Å². The van der Waals surface area contributed by atoms with Crippen LogP contribution in [0.1, 0.15) is 24.9 Å². The Kier molecular flexibility index (Phi) is 3.32. The van der Waals surface area contributed by atoms with Crippen LogP contribution in [0.15, 0.2) is 24.5 Å². The molecule has 0 saturated heterocycles. The number of rotatable bonds is 4. The van der Waals surface area contributed by atoms with Crippen molar-refractivity contribution in [2.75, 3.05) is 0 Å². The number of hydrogen-bond acceptors (Lipinski definition) is 3. The van der Waals surface area contributed by atoms with Crippen molar-refractivity contribution in [3.8, 4) is 11.3 Å². The molecule has 0 aliphatic heterocycles. The summed E-state index contributed by atoms with van der Waals surface area (Å²) in [4.78, 5) is 22.6. The molecule has 0 aliphatic carbocycles. The Balaban J connectivity index is 2.22. The Morgan fingerprint density at radius 2 is 2.06 bits per heavy atom. The summed E-state index contributed by atoms with van der Waals surface area (Å²) in [6, 6.07) is 3.86. The van der Waals surface area contributed by atoms with Gasteiger partial charge in [-0.3, -0.25) is 4.98 Å². The first kappa shape index (κ1) is 11.5. The van der Waals surface area contributed by atoms with Gasteiger partial charge in [-0.2, -0.15) is 0 Å². The fourth-order valence-electron chi connectivity index (χ4n) is 1.73. The van der Waals surface area contributed by atoms with Crippen molar-refractivity contribution in [2.45, 2.75) is 26.7 Å². The lowest BCUT2D eigenvalue weighted by Gasteiger charge is -1.96. The second kappa shape index (κ2) is 4.91. The second-order valence-corrected chi connectivity index (χ2v) is 4.10. The van der Waals surface area contributed by atoms with Crippen molar-refractivity contribution in [3.05, 3.63) is 36.0 Å². The highest BCUT2D eigenvalue weighted by Gasteiger charge is 2.09. The number of ketones is 1. The Morgan fingerprint density at radius 3 is 2.71 bits per heavy atom. The Hall–Kier alpha value is -1.97. The Morgan fingerprint density at radius 1 is 1.35 bits per heavy atom. The molecule has 0 aromatic carbocycles. The summed E-state index contributed by atoms with van der Waals surface area (Å²) in [5.74, 6) is 1.05. The predicted octanol–water partition coefficient (Wildman–Crippen LogP) is 2.30. The summed E-state index contributed by atoms with van der Waals surface area (Å²) in [6.45, 7) is 3.58. The molecule has 2 rings (SSSR count). The summed E-state index contributed by atoms with van der Waals surface area (Å²) in [5.41, 5.74) is 3.00. The Labute approximate surface area is 100 Å². The quantitative estimate of drug-likeness (QED) is 0.875. The van der Waals surface area contributed by atoms with Gasteiger partial charge in [0.05, 0.1) is 5.69 Å². The van der Waals surface area contributed by atoms with E-state index in [0.29, 0.717) is 12.8 Å². The third-order valence-corrected chi connectivity index (χ3v) is 2.60. The average molecular weight is 229 g/mol. The maximum Gasteiger partial charge on any atom is 0.130 e. The highest BCUT2D eigenvalue weighted by molar-refractivity contribution is 5.75. The molecule has 2 heterocycles. The molecule has 1 N–H and O–H groups in total. The molecule has 0 unspecified atom stereocenters. The molecular formula is C13H15N3O. The molecule has 0 fully saturated rings. The van der Waals surface area contributed by atoms with Crippen LogP contribution >= 0.6 is 0 Å². The molecule has 88 valence electrons. The van der Waals surface area contributed by atoms with Crippen molar-refractivity contribution in [2.24, 2.45) is 0 Å². The van der Waals surface area contributed by atoms with E-state index in [1.165, 1.54) is 0 Å². The largest absolute Gasteiger partial charge is 0.346 e. The van der Waals surface area contributed by atoms with E-state index in [1.807, 2.05) is 19.1 Å². The van der Waals surface area contributed by atoms with Crippen LogP contribution in [0, 0.1) is 6.92 Å². The lowest BCUT2D eigenvalue weighted by Crippen LogP contribution is -1.95. The zero-order chi connectivity index (χ0) is 12.3. The fourth-order valence-corrected chi connectivity index (χ4v) is 1.73. The van der Waals surface area contributed by atoms with E-state index in [1.54, 1.807) is 19.3 Å². The molecule has 17 heavy (non-hydrogen) atoms. The predicted molar refractivity (Wildman–Crippen MR) is 65.6 cm³/mol. The summed E-state index contributed by atoms with van der Waals surface area (Å²) >= 11 is 0. The fraction of sp³-hybridized carbons (Fsp3) is 0.308. The van der Waals surface area contributed by atoms with Gasteiger partial charge in [0, 0.05) is 36.5 Å². The van der Waals surface area contributed by atoms with Crippen molar-refractivity contribution >= 4 is 5.78 Å². The van der Waals surface area contributed by atoms with Gasteiger partial charge in [0.25, 0.3) is 0 Å². The van der Waals surface area contributed by atoms with Crippen LogP contribution in [-0.2, 0) is 11.2 Å². The van der Waals surface area contributed by atoms with Crippen LogP contribution < -0.4 is 0 Å². The van der Waals surface area contributed by atoms with Crippen LogP contribution in [0.5, 0.6) is 0 Å². The number of aromatic nitrogens is 3. The van der Waals surface area contributed by atoms with Crippen LogP contribution in [0.4, 0.5) is 0 Å². The minimum atomic E-state index is 0.185. The maximum absolute atomic E-state index is 10.9. The monoisotopic (exact) mass is 229 g/mol. The van der Waals surface area contributed by atoms with Crippen LogP contribution in [0.25, 0.3) is 11.3 Å². The van der Waals surface area contributed by atoms with E-state index in [9.17, 15) is 4.79 Å². The van der Waals surface area contributed by atoms with E-state index in [2.05, 4.69) is 15.0 Å². The minimum Gasteiger partial charge on any atom is -0.346 e. The molecule has 0 aliphatic rings. The van der Waals surface area contributed by atoms with Crippen LogP contribution in [-0.4, -0.2) is 20.7 Å². The van der Waals surface area contributed by atoms with Crippen molar-refractivity contribution in [3.63, 3.8) is 0 Å². The molecule has 4 nitrogen and oxygen atoms in total. The number of aryl methyl sites for hydroxylation is 2. The molecule has 0 atom stereocenters. The molecule has 0 saturated carbocycles. The molecule has 0 spiro atoms. The first-order valence-electron chi connectivity index (χ1n) is 5.62. The lowest BCUT2D eigenvalue weighted by molar-refractivity contribution is -0.117. The summed E-state index contributed by atoms with van der Waals surface area (Å²) < 4.78 is 0. The summed E-state index contributed by atoms with van der Waals surface area (Å²) in [7, 11) is 0. The van der Waals surface area contributed by atoms with Crippen molar-refractivity contribution in [1.29, 1.82) is 0 Å². The normalized spacial score (nSPS) is 10.5. The molecule has 4 heteroatoms. The topological polar surface area (TPSA) is 58.6 Å². The lowest BCUT2D eigenvalue weighted by atomic mass is 10.2. The number of carbonyl (C=O) groups excluding carboxylic acids is 1. The Bertz CT molecular complexity index is 517. The number of aromatic amines is 1. The minimum absolute atomic E-state index is 0.185. The number of carbonyl (C=O) groups is 1. The van der Waals surface area contributed by atoms with E-state index >= 15 is 0 Å². The first-order chi connectivity index (χ1) is 8.16. The van der Waals surface area contributed by atoms with Gasteiger partial charge in [0.2, 0.25) is 0 Å². The third kappa shape index (κ3) is 2.78. The second-order valence-electron chi connectivity index (χ2n) is 4.10. The molecule has 2 aromatic rings. The molecule has 0 radical (unpaired) electrons. The maximum atomic E-state index is 10.9. The highest BCUT2D eigenvalue weighted by atomic mass is 16.1. The molecule has 2 aromatic heterocycles. The molecular weight excluding hydrogens is 214 g/mol. The van der Waals surface area contributed by atoms with Gasteiger partial charge >= 0.3 is 0 Å². The molecule has 0 amide bonds. The SMILES string of the molecule is CC(=O)CCc1nc(-c2ccncc2)c(C)[nH]1. The zero-order valence-corrected chi connectivity index (χ0v) is 10.0. The number of imidazole rings is 1. The summed E-state index contributed by atoms with van der Waals surface area (Å²) in [5, 5.41) is 0. The number of nitrogens with one attached hydrogen (secondary N) is 1.